The summed E-state index contributed by atoms with van der Waals surface area (Å²) >= 11 is 5.85. The van der Waals surface area contributed by atoms with Crippen LogP contribution in [0, 0.1) is 5.82 Å². The number of aliphatic hydroxyl groups is 1. The number of halogens is 3. The van der Waals surface area contributed by atoms with Crippen LogP contribution in [-0.4, -0.2) is 35.9 Å². The maximum Gasteiger partial charge on any atom is 0.232 e. The van der Waals surface area contributed by atoms with Crippen LogP contribution in [0.3, 0.4) is 0 Å². The molecule has 0 aliphatic heterocycles. The van der Waals surface area contributed by atoms with E-state index in [1.165, 1.54) is 48.3 Å². The largest absolute Gasteiger partial charge is 0.496 e. The van der Waals surface area contributed by atoms with Crippen LogP contribution in [-0.2, 0) is 21.7 Å². The molecule has 1 heterocycles. The van der Waals surface area contributed by atoms with Gasteiger partial charge in [-0.2, -0.15) is 0 Å². The van der Waals surface area contributed by atoms with Gasteiger partial charge in [-0.1, -0.05) is 50.2 Å². The van der Waals surface area contributed by atoms with Crippen LogP contribution < -0.4 is 4.74 Å². The summed E-state index contributed by atoms with van der Waals surface area (Å²) in [6.45, 7) is 8.79. The van der Waals surface area contributed by atoms with Crippen molar-refractivity contribution in [3.8, 4) is 5.75 Å². The highest BCUT2D eigenvalue weighted by Crippen LogP contribution is 2.37. The first-order valence-corrected chi connectivity index (χ1v) is 14.1. The number of hydrogen-bond acceptors (Lipinski definition) is 5. The number of aliphatic hydroxyl groups excluding tert-OH is 1. The average molecular weight is 577 g/mol. The Kier molecular flexibility index (Phi) is 9.53. The van der Waals surface area contributed by atoms with E-state index >= 15 is 0 Å². The summed E-state index contributed by atoms with van der Waals surface area (Å²) in [7, 11) is -2.44. The quantitative estimate of drug-likeness (QED) is 0.260. The molecule has 1 N–H and O–H groups in total. The van der Waals surface area contributed by atoms with Crippen LogP contribution >= 0.6 is 11.6 Å². The number of sulfone groups is 1. The number of imidazole rings is 1. The zero-order valence-corrected chi connectivity index (χ0v) is 23.7. The van der Waals surface area contributed by atoms with Crippen LogP contribution in [0.5, 0.6) is 5.75 Å². The molecule has 10 heteroatoms. The Labute approximate surface area is 232 Å². The minimum Gasteiger partial charge on any atom is -0.496 e. The molecule has 0 spiro atoms. The minimum atomic E-state index is -3.95. The topological polar surface area (TPSA) is 81.4 Å². The number of benzene rings is 2. The number of ether oxygens (including phenoxy) is 1. The predicted molar refractivity (Wildman–Crippen MR) is 150 cm³/mol. The lowest BCUT2D eigenvalue weighted by atomic mass is 9.81. The van der Waals surface area contributed by atoms with Crippen LogP contribution in [0.2, 0.25) is 5.02 Å². The van der Waals surface area contributed by atoms with Gasteiger partial charge in [-0.05, 0) is 60.9 Å². The number of rotatable bonds is 11. The molecule has 6 nitrogen and oxygen atoms in total. The first-order chi connectivity index (χ1) is 18.3. The molecule has 3 aromatic rings. The maximum atomic E-state index is 13.7. The third-order valence-electron chi connectivity index (χ3n) is 6.42. The van der Waals surface area contributed by atoms with Crippen molar-refractivity contribution in [1.82, 2.24) is 9.55 Å². The molecule has 1 aromatic heterocycles. The molecular formula is C29H31ClF2N2O4S. The smallest absolute Gasteiger partial charge is 0.232 e. The lowest BCUT2D eigenvalue weighted by Gasteiger charge is -2.27. The molecule has 0 saturated heterocycles. The van der Waals surface area contributed by atoms with E-state index in [1.54, 1.807) is 19.1 Å². The molecule has 1 atom stereocenters. The number of allylic oxidation sites excluding steroid dienone is 4. The van der Waals surface area contributed by atoms with Gasteiger partial charge in [-0.15, -0.1) is 0 Å². The highest BCUT2D eigenvalue weighted by Gasteiger charge is 2.32. The zero-order valence-electron chi connectivity index (χ0n) is 22.2. The normalized spacial score (nSPS) is 13.6. The Morgan fingerprint density at radius 3 is 2.62 bits per heavy atom. The first-order valence-electron chi connectivity index (χ1n) is 12.1. The van der Waals surface area contributed by atoms with Gasteiger partial charge in [0.15, 0.2) is 0 Å². The summed E-state index contributed by atoms with van der Waals surface area (Å²) in [6, 6.07) is 9.42. The van der Waals surface area contributed by atoms with E-state index in [0.717, 1.165) is 17.7 Å². The molecule has 0 radical (unpaired) electrons. The molecule has 0 saturated carbocycles. The van der Waals surface area contributed by atoms with Crippen molar-refractivity contribution in [2.24, 2.45) is 0 Å². The van der Waals surface area contributed by atoms with Gasteiger partial charge in [0.2, 0.25) is 15.0 Å². The maximum absolute atomic E-state index is 13.7. The number of aromatic nitrogens is 2. The number of aryl methyl sites for hydroxylation is 1. The van der Waals surface area contributed by atoms with Crippen LogP contribution in [0.25, 0.3) is 6.20 Å². The van der Waals surface area contributed by atoms with Gasteiger partial charge in [-0.25, -0.2) is 22.2 Å². The molecule has 2 aromatic carbocycles. The fourth-order valence-electron chi connectivity index (χ4n) is 4.10. The Hall–Kier alpha value is -3.27. The second-order valence-corrected chi connectivity index (χ2v) is 11.9. The lowest BCUT2D eigenvalue weighted by molar-refractivity contribution is 0.194. The second-order valence-electron chi connectivity index (χ2n) is 9.47. The van der Waals surface area contributed by atoms with E-state index in [9.17, 15) is 22.3 Å². The number of hydrogen-bond donors (Lipinski definition) is 1. The fourth-order valence-corrected chi connectivity index (χ4v) is 5.66. The molecule has 0 aliphatic carbocycles. The van der Waals surface area contributed by atoms with Gasteiger partial charge in [0.05, 0.1) is 35.9 Å². The van der Waals surface area contributed by atoms with Crippen molar-refractivity contribution in [3.63, 3.8) is 0 Å². The molecule has 0 aliphatic rings. The Morgan fingerprint density at radius 1 is 1.28 bits per heavy atom. The zero-order chi connectivity index (χ0) is 29.0. The average Bonchev–Trinajstić information content (AvgIpc) is 3.34. The van der Waals surface area contributed by atoms with Gasteiger partial charge in [0.25, 0.3) is 0 Å². The summed E-state index contributed by atoms with van der Waals surface area (Å²) in [5.41, 5.74) is 1.67. The van der Waals surface area contributed by atoms with Crippen molar-refractivity contribution < 1.29 is 27.0 Å². The summed E-state index contributed by atoms with van der Waals surface area (Å²) in [6.07, 6.45) is 5.79. The molecule has 3 rings (SSSR count). The van der Waals surface area contributed by atoms with Crippen molar-refractivity contribution in [3.05, 3.63) is 106 Å². The predicted octanol–water partition coefficient (Wildman–Crippen LogP) is 6.59. The summed E-state index contributed by atoms with van der Waals surface area (Å²) in [4.78, 5) is 4.26. The highest BCUT2D eigenvalue weighted by molar-refractivity contribution is 7.91. The molecular weight excluding hydrogens is 546 g/mol. The molecule has 0 amide bonds. The van der Waals surface area contributed by atoms with Gasteiger partial charge in [-0.3, -0.25) is 4.57 Å². The fraction of sp³-hybridized carbons (Fsp3) is 0.276. The molecule has 208 valence electrons. The molecule has 39 heavy (non-hydrogen) atoms. The number of methoxy groups -OCH3 is 1. The Morgan fingerprint density at radius 2 is 2.00 bits per heavy atom. The van der Waals surface area contributed by atoms with E-state index in [4.69, 9.17) is 16.3 Å². The van der Waals surface area contributed by atoms with Gasteiger partial charge in [0, 0.05) is 17.2 Å². The van der Waals surface area contributed by atoms with Gasteiger partial charge >= 0.3 is 0 Å². The summed E-state index contributed by atoms with van der Waals surface area (Å²) in [5, 5.41) is 9.75. The minimum absolute atomic E-state index is 0.0840. The second kappa shape index (κ2) is 12.3. The van der Waals surface area contributed by atoms with E-state index in [2.05, 4.69) is 11.6 Å². The van der Waals surface area contributed by atoms with Crippen molar-refractivity contribution in [2.45, 2.75) is 43.9 Å². The monoisotopic (exact) mass is 576 g/mol. The van der Waals surface area contributed by atoms with E-state index in [-0.39, 0.29) is 22.4 Å². The molecule has 0 bridgehead atoms. The number of nitrogens with zero attached hydrogens (tertiary/aromatic N) is 2. The Bertz CT molecular complexity index is 1530. The standard InChI is InChI=1S/C29H31ClF2N2O4S/c1-6-22(31)8-7-14-34-27(29(3,4)21-10-11-23(19(2)35)26(17-21)38-5)18-33-28(34)39(36,37)15-13-20-9-12-25(32)24(30)16-20/h6-12,14,16-19,35H,1,13,15H2,2-5H3/b14-7+,22-8+. The Balaban J connectivity index is 2.09. The van der Waals surface area contributed by atoms with Crippen LogP contribution in [0.4, 0.5) is 8.78 Å². The SMILES string of the molecule is C=C/C(F)=C\C=C\n1c(C(C)(C)c2ccc(C(C)O)c(OC)c2)cnc1S(=O)(=O)CCc1ccc(F)c(Cl)c1. The van der Waals surface area contributed by atoms with Crippen molar-refractivity contribution in [2.75, 3.05) is 12.9 Å². The van der Waals surface area contributed by atoms with Crippen molar-refractivity contribution >= 4 is 27.6 Å². The molecule has 1 unspecified atom stereocenters. The third kappa shape index (κ3) is 6.84. The van der Waals surface area contributed by atoms with Gasteiger partial charge in [0.1, 0.15) is 17.4 Å². The first kappa shape index (κ1) is 30.3. The highest BCUT2D eigenvalue weighted by atomic mass is 35.5. The lowest BCUT2D eigenvalue weighted by Crippen LogP contribution is -2.24. The van der Waals surface area contributed by atoms with E-state index < -0.39 is 33.0 Å². The third-order valence-corrected chi connectivity index (χ3v) is 8.31. The van der Waals surface area contributed by atoms with Crippen LogP contribution in [0.1, 0.15) is 49.3 Å². The van der Waals surface area contributed by atoms with E-state index in [0.29, 0.717) is 22.6 Å². The van der Waals surface area contributed by atoms with Crippen LogP contribution in [0.15, 0.2) is 78.4 Å². The van der Waals surface area contributed by atoms with Gasteiger partial charge < -0.3 is 9.84 Å². The summed E-state index contributed by atoms with van der Waals surface area (Å²) < 4.78 is 61.0. The summed E-state index contributed by atoms with van der Waals surface area (Å²) in [5.74, 6) is -1.01. The van der Waals surface area contributed by atoms with Crippen molar-refractivity contribution in [1.29, 1.82) is 0 Å². The molecule has 0 fully saturated rings. The van der Waals surface area contributed by atoms with E-state index in [1.807, 2.05) is 19.9 Å².